The van der Waals surface area contributed by atoms with Crippen LogP contribution in [0.4, 0.5) is 0 Å². The SMILES string of the molecule is CC(C)c1cc(CNC(C)C2(C)CC2)on1. The van der Waals surface area contributed by atoms with Crippen LogP contribution in [0.15, 0.2) is 10.6 Å². The van der Waals surface area contributed by atoms with Gasteiger partial charge in [-0.15, -0.1) is 0 Å². The lowest BCUT2D eigenvalue weighted by Crippen LogP contribution is -2.32. The minimum Gasteiger partial charge on any atom is -0.360 e. The molecule has 1 unspecified atom stereocenters. The molecule has 2 rings (SSSR count). The van der Waals surface area contributed by atoms with E-state index in [1.54, 1.807) is 0 Å². The molecule has 1 aromatic rings. The van der Waals surface area contributed by atoms with Crippen molar-refractivity contribution in [3.63, 3.8) is 0 Å². The molecule has 0 aromatic carbocycles. The minimum atomic E-state index is 0.441. The highest BCUT2D eigenvalue weighted by Gasteiger charge is 2.42. The Labute approximate surface area is 97.6 Å². The Kier molecular flexibility index (Phi) is 3.06. The van der Waals surface area contributed by atoms with Crippen LogP contribution in [-0.4, -0.2) is 11.2 Å². The molecule has 90 valence electrons. The first-order valence-electron chi connectivity index (χ1n) is 6.20. The maximum Gasteiger partial charge on any atom is 0.150 e. The first kappa shape index (κ1) is 11.6. The van der Waals surface area contributed by atoms with Crippen LogP contribution < -0.4 is 5.32 Å². The zero-order chi connectivity index (χ0) is 11.8. The van der Waals surface area contributed by atoms with Gasteiger partial charge in [0.2, 0.25) is 0 Å². The largest absolute Gasteiger partial charge is 0.360 e. The highest BCUT2D eigenvalue weighted by Crippen LogP contribution is 2.47. The third-order valence-corrected chi connectivity index (χ3v) is 3.84. The van der Waals surface area contributed by atoms with Gasteiger partial charge < -0.3 is 9.84 Å². The summed E-state index contributed by atoms with van der Waals surface area (Å²) in [5.41, 5.74) is 1.56. The van der Waals surface area contributed by atoms with E-state index in [1.807, 2.05) is 0 Å². The fourth-order valence-corrected chi connectivity index (χ4v) is 1.81. The highest BCUT2D eigenvalue weighted by molar-refractivity contribution is 5.09. The lowest BCUT2D eigenvalue weighted by Gasteiger charge is -2.19. The molecular formula is C13H22N2O. The summed E-state index contributed by atoms with van der Waals surface area (Å²) in [6.07, 6.45) is 2.68. The van der Waals surface area contributed by atoms with E-state index in [2.05, 4.69) is 44.2 Å². The Bertz CT molecular complexity index is 353. The van der Waals surface area contributed by atoms with Crippen LogP contribution in [0.25, 0.3) is 0 Å². The molecule has 16 heavy (non-hydrogen) atoms. The van der Waals surface area contributed by atoms with Crippen LogP contribution >= 0.6 is 0 Å². The van der Waals surface area contributed by atoms with Gasteiger partial charge in [-0.05, 0) is 31.1 Å². The molecule has 1 N–H and O–H groups in total. The minimum absolute atomic E-state index is 0.441. The average molecular weight is 222 g/mol. The van der Waals surface area contributed by atoms with Crippen LogP contribution in [0.3, 0.4) is 0 Å². The van der Waals surface area contributed by atoms with E-state index in [1.165, 1.54) is 12.8 Å². The summed E-state index contributed by atoms with van der Waals surface area (Å²) in [6.45, 7) is 9.64. The standard InChI is InChI=1S/C13H22N2O/c1-9(2)12-7-11(16-15-12)8-14-10(3)13(4)5-6-13/h7,9-10,14H,5-6,8H2,1-4H3. The van der Waals surface area contributed by atoms with Crippen LogP contribution in [-0.2, 0) is 6.54 Å². The number of hydrogen-bond donors (Lipinski definition) is 1. The summed E-state index contributed by atoms with van der Waals surface area (Å²) >= 11 is 0. The van der Waals surface area contributed by atoms with Gasteiger partial charge in [-0.3, -0.25) is 0 Å². The Morgan fingerprint density at radius 1 is 1.44 bits per heavy atom. The van der Waals surface area contributed by atoms with Crippen molar-refractivity contribution in [3.8, 4) is 0 Å². The lowest BCUT2D eigenvalue weighted by molar-refractivity contribution is 0.330. The van der Waals surface area contributed by atoms with Gasteiger partial charge >= 0.3 is 0 Å². The first-order chi connectivity index (χ1) is 7.51. The molecule has 3 heteroatoms. The fourth-order valence-electron chi connectivity index (χ4n) is 1.81. The maximum atomic E-state index is 5.30. The quantitative estimate of drug-likeness (QED) is 0.832. The predicted molar refractivity (Wildman–Crippen MR) is 64.2 cm³/mol. The molecule has 1 fully saturated rings. The third-order valence-electron chi connectivity index (χ3n) is 3.84. The summed E-state index contributed by atoms with van der Waals surface area (Å²) in [7, 11) is 0. The number of rotatable bonds is 5. The number of aromatic nitrogens is 1. The van der Waals surface area contributed by atoms with Gasteiger partial charge in [-0.2, -0.15) is 0 Å². The second-order valence-corrected chi connectivity index (χ2v) is 5.63. The molecule has 0 aliphatic heterocycles. The van der Waals surface area contributed by atoms with Gasteiger partial charge in [0.15, 0.2) is 5.76 Å². The first-order valence-corrected chi connectivity index (χ1v) is 6.20. The molecule has 1 atom stereocenters. The summed E-state index contributed by atoms with van der Waals surface area (Å²) < 4.78 is 5.30. The average Bonchev–Trinajstić information content (AvgIpc) is 2.82. The maximum absolute atomic E-state index is 5.30. The van der Waals surface area contributed by atoms with Crippen LogP contribution in [0, 0.1) is 5.41 Å². The Balaban J connectivity index is 1.85. The number of hydrogen-bond acceptors (Lipinski definition) is 3. The van der Waals surface area contributed by atoms with E-state index >= 15 is 0 Å². The molecule has 0 amide bonds. The molecule has 0 spiro atoms. The molecular weight excluding hydrogens is 200 g/mol. The van der Waals surface area contributed by atoms with Crippen LogP contribution in [0.5, 0.6) is 0 Å². The number of nitrogens with zero attached hydrogens (tertiary/aromatic N) is 1. The summed E-state index contributed by atoms with van der Waals surface area (Å²) in [6, 6.07) is 2.61. The Morgan fingerprint density at radius 3 is 2.62 bits per heavy atom. The third kappa shape index (κ3) is 2.46. The van der Waals surface area contributed by atoms with E-state index in [9.17, 15) is 0 Å². The molecule has 0 saturated heterocycles. The predicted octanol–water partition coefficient (Wildman–Crippen LogP) is 3.08. The molecule has 0 radical (unpaired) electrons. The summed E-state index contributed by atoms with van der Waals surface area (Å²) in [4.78, 5) is 0. The molecule has 1 aromatic heterocycles. The molecule has 1 aliphatic carbocycles. The summed E-state index contributed by atoms with van der Waals surface area (Å²) in [5, 5.41) is 7.58. The Morgan fingerprint density at radius 2 is 2.12 bits per heavy atom. The van der Waals surface area contributed by atoms with Crippen molar-refractivity contribution < 1.29 is 4.52 Å². The van der Waals surface area contributed by atoms with Crippen molar-refractivity contribution in [1.82, 2.24) is 10.5 Å². The number of nitrogens with one attached hydrogen (secondary N) is 1. The van der Waals surface area contributed by atoms with Crippen LogP contribution in [0.2, 0.25) is 0 Å². The molecule has 1 aliphatic rings. The van der Waals surface area contributed by atoms with Gasteiger partial charge in [-0.25, -0.2) is 0 Å². The zero-order valence-electron chi connectivity index (χ0n) is 10.7. The zero-order valence-corrected chi connectivity index (χ0v) is 10.7. The van der Waals surface area contributed by atoms with Gasteiger partial charge in [0, 0.05) is 12.1 Å². The monoisotopic (exact) mass is 222 g/mol. The van der Waals surface area contributed by atoms with Crippen molar-refractivity contribution in [2.24, 2.45) is 5.41 Å². The van der Waals surface area contributed by atoms with Crippen molar-refractivity contribution in [2.45, 2.75) is 59.0 Å². The molecule has 0 bridgehead atoms. The molecule has 3 nitrogen and oxygen atoms in total. The highest BCUT2D eigenvalue weighted by atomic mass is 16.5. The van der Waals surface area contributed by atoms with Gasteiger partial charge in [0.05, 0.1) is 12.2 Å². The van der Waals surface area contributed by atoms with Crippen molar-refractivity contribution in [1.29, 1.82) is 0 Å². The van der Waals surface area contributed by atoms with Crippen molar-refractivity contribution >= 4 is 0 Å². The molecule has 1 saturated carbocycles. The van der Waals surface area contributed by atoms with Gasteiger partial charge in [0.25, 0.3) is 0 Å². The molecule has 1 heterocycles. The van der Waals surface area contributed by atoms with Crippen molar-refractivity contribution in [3.05, 3.63) is 17.5 Å². The van der Waals surface area contributed by atoms with E-state index in [-0.39, 0.29) is 0 Å². The van der Waals surface area contributed by atoms with Crippen LogP contribution in [0.1, 0.15) is 57.9 Å². The van der Waals surface area contributed by atoms with Gasteiger partial charge in [0.1, 0.15) is 0 Å². The van der Waals surface area contributed by atoms with E-state index in [0.717, 1.165) is 18.0 Å². The van der Waals surface area contributed by atoms with Gasteiger partial charge in [-0.1, -0.05) is 25.9 Å². The second-order valence-electron chi connectivity index (χ2n) is 5.63. The van der Waals surface area contributed by atoms with E-state index in [4.69, 9.17) is 4.52 Å². The fraction of sp³-hybridized carbons (Fsp3) is 0.769. The van der Waals surface area contributed by atoms with Crippen molar-refractivity contribution in [2.75, 3.05) is 0 Å². The summed E-state index contributed by atoms with van der Waals surface area (Å²) in [5.74, 6) is 1.38. The smallest absolute Gasteiger partial charge is 0.150 e. The topological polar surface area (TPSA) is 38.1 Å². The Hall–Kier alpha value is -0.830. The normalized spacial score (nSPS) is 20.1. The van der Waals surface area contributed by atoms with E-state index < -0.39 is 0 Å². The van der Waals surface area contributed by atoms with E-state index in [0.29, 0.717) is 17.4 Å². The second kappa shape index (κ2) is 4.21. The lowest BCUT2D eigenvalue weighted by atomic mass is 10.0.